The van der Waals surface area contributed by atoms with Crippen molar-refractivity contribution in [2.45, 2.75) is 50.4 Å². The van der Waals surface area contributed by atoms with Crippen molar-refractivity contribution < 1.29 is 18.0 Å². The van der Waals surface area contributed by atoms with Crippen molar-refractivity contribution >= 4 is 5.78 Å². The third-order valence-electron chi connectivity index (χ3n) is 4.58. The molecule has 2 fully saturated rings. The molecule has 0 spiro atoms. The molecule has 0 amide bonds. The summed E-state index contributed by atoms with van der Waals surface area (Å²) in [5, 5.41) is 3.48. The minimum atomic E-state index is -4.47. The normalized spacial score (nSPS) is 28.6. The summed E-state index contributed by atoms with van der Waals surface area (Å²) in [6, 6.07) is 5.98. The highest BCUT2D eigenvalue weighted by Crippen LogP contribution is 2.36. The van der Waals surface area contributed by atoms with Gasteiger partial charge in [0.1, 0.15) is 0 Å². The number of ketones is 1. The van der Waals surface area contributed by atoms with Gasteiger partial charge in [0.25, 0.3) is 0 Å². The van der Waals surface area contributed by atoms with Crippen LogP contribution in [0.2, 0.25) is 0 Å². The molecule has 2 heterocycles. The maximum Gasteiger partial charge on any atom is 0.417 e. The lowest BCUT2D eigenvalue weighted by molar-refractivity contribution is -0.137. The quantitative estimate of drug-likeness (QED) is 0.860. The van der Waals surface area contributed by atoms with Crippen LogP contribution in [0, 0.1) is 5.92 Å². The summed E-state index contributed by atoms with van der Waals surface area (Å²) < 4.78 is 38.9. The van der Waals surface area contributed by atoms with E-state index in [1.165, 1.54) is 18.2 Å². The van der Waals surface area contributed by atoms with E-state index in [-0.39, 0.29) is 23.7 Å². The van der Waals surface area contributed by atoms with Gasteiger partial charge in [0.15, 0.2) is 5.78 Å². The molecular weight excluding hydrogens is 279 g/mol. The van der Waals surface area contributed by atoms with Crippen molar-refractivity contribution in [1.82, 2.24) is 5.32 Å². The lowest BCUT2D eigenvalue weighted by Gasteiger charge is -2.28. The number of carbonyl (C=O) groups is 1. The predicted molar refractivity (Wildman–Crippen MR) is 73.1 cm³/mol. The Kier molecular flexibility index (Phi) is 3.78. The van der Waals surface area contributed by atoms with Gasteiger partial charge in [-0.25, -0.2) is 0 Å². The summed E-state index contributed by atoms with van der Waals surface area (Å²) in [4.78, 5) is 12.3. The van der Waals surface area contributed by atoms with Gasteiger partial charge < -0.3 is 5.32 Å². The number of piperidine rings is 1. The molecule has 0 aliphatic carbocycles. The van der Waals surface area contributed by atoms with Crippen molar-refractivity contribution in [3.05, 3.63) is 35.4 Å². The molecule has 114 valence electrons. The average Bonchev–Trinajstić information content (AvgIpc) is 2.77. The van der Waals surface area contributed by atoms with Crippen LogP contribution in [0.1, 0.15) is 48.0 Å². The van der Waals surface area contributed by atoms with Crippen molar-refractivity contribution in [3.63, 3.8) is 0 Å². The minimum Gasteiger partial charge on any atom is -0.311 e. The van der Waals surface area contributed by atoms with Crippen LogP contribution in [0.15, 0.2) is 24.3 Å². The van der Waals surface area contributed by atoms with Crippen LogP contribution in [0.3, 0.4) is 0 Å². The number of hydrogen-bond donors (Lipinski definition) is 1. The van der Waals surface area contributed by atoms with Crippen LogP contribution in [-0.2, 0) is 6.18 Å². The second kappa shape index (κ2) is 5.44. The van der Waals surface area contributed by atoms with E-state index in [1.807, 2.05) is 0 Å². The van der Waals surface area contributed by atoms with Gasteiger partial charge >= 0.3 is 6.18 Å². The van der Waals surface area contributed by atoms with Crippen LogP contribution in [0.4, 0.5) is 13.2 Å². The Labute approximate surface area is 121 Å². The van der Waals surface area contributed by atoms with Crippen molar-refractivity contribution in [3.8, 4) is 0 Å². The van der Waals surface area contributed by atoms with E-state index in [4.69, 9.17) is 0 Å². The molecule has 2 saturated heterocycles. The largest absolute Gasteiger partial charge is 0.417 e. The zero-order valence-corrected chi connectivity index (χ0v) is 11.6. The minimum absolute atomic E-state index is 0.184. The average molecular weight is 297 g/mol. The van der Waals surface area contributed by atoms with Crippen LogP contribution >= 0.6 is 0 Å². The lowest BCUT2D eigenvalue weighted by Crippen LogP contribution is -2.38. The van der Waals surface area contributed by atoms with Crippen LogP contribution in [0.25, 0.3) is 0 Å². The second-order valence-electron chi connectivity index (χ2n) is 6.15. The maximum atomic E-state index is 13.0. The summed E-state index contributed by atoms with van der Waals surface area (Å²) in [7, 11) is 0. The number of nitrogens with one attached hydrogen (secondary N) is 1. The summed E-state index contributed by atoms with van der Waals surface area (Å²) in [6.45, 7) is 0. The predicted octanol–water partition coefficient (Wildman–Crippen LogP) is 3.81. The summed E-state index contributed by atoms with van der Waals surface area (Å²) in [6.07, 6.45) is -0.211. The van der Waals surface area contributed by atoms with Crippen molar-refractivity contribution in [1.29, 1.82) is 0 Å². The molecule has 2 aliphatic rings. The zero-order chi connectivity index (χ0) is 15.0. The Balaban J connectivity index is 1.74. The molecule has 1 N–H and O–H groups in total. The van der Waals surface area contributed by atoms with E-state index < -0.39 is 11.7 Å². The third kappa shape index (κ3) is 3.12. The monoisotopic (exact) mass is 297 g/mol. The summed E-state index contributed by atoms with van der Waals surface area (Å²) >= 11 is 0. The highest BCUT2D eigenvalue weighted by Gasteiger charge is 2.37. The van der Waals surface area contributed by atoms with Crippen LogP contribution < -0.4 is 5.32 Å². The molecule has 0 radical (unpaired) electrons. The molecule has 2 unspecified atom stereocenters. The number of halogens is 3. The van der Waals surface area contributed by atoms with Gasteiger partial charge in [-0.3, -0.25) is 4.79 Å². The Bertz CT molecular complexity index is 529. The fraction of sp³-hybridized carbons (Fsp3) is 0.562. The summed E-state index contributed by atoms with van der Waals surface area (Å²) in [5.74, 6) is -0.174. The van der Waals surface area contributed by atoms with E-state index in [1.54, 1.807) is 0 Å². The van der Waals surface area contributed by atoms with Crippen molar-refractivity contribution in [2.24, 2.45) is 5.92 Å². The Morgan fingerprint density at radius 3 is 2.38 bits per heavy atom. The van der Waals surface area contributed by atoms with Gasteiger partial charge in [-0.1, -0.05) is 18.2 Å². The number of benzene rings is 1. The van der Waals surface area contributed by atoms with E-state index in [0.717, 1.165) is 31.7 Å². The Morgan fingerprint density at radius 1 is 1.14 bits per heavy atom. The van der Waals surface area contributed by atoms with Gasteiger partial charge in [-0.15, -0.1) is 0 Å². The molecule has 1 aromatic carbocycles. The van der Waals surface area contributed by atoms with Gasteiger partial charge in [0.05, 0.1) is 5.56 Å². The molecule has 2 atom stereocenters. The first kappa shape index (κ1) is 14.6. The van der Waals surface area contributed by atoms with Gasteiger partial charge in [-0.2, -0.15) is 13.2 Å². The maximum absolute atomic E-state index is 13.0. The van der Waals surface area contributed by atoms with Gasteiger partial charge in [-0.05, 0) is 37.7 Å². The van der Waals surface area contributed by atoms with Crippen LogP contribution in [-0.4, -0.2) is 17.9 Å². The summed E-state index contributed by atoms with van der Waals surface area (Å²) in [5.41, 5.74) is -0.997. The van der Waals surface area contributed by atoms with Gasteiger partial charge in [0, 0.05) is 24.1 Å². The SMILES string of the molecule is O=C(CC1CC2CCC(C1)N2)c1ccccc1C(F)(F)F. The Hall–Kier alpha value is -1.36. The molecule has 5 heteroatoms. The number of hydrogen-bond acceptors (Lipinski definition) is 2. The molecule has 2 bridgehead atoms. The van der Waals surface area contributed by atoms with Crippen LogP contribution in [0.5, 0.6) is 0 Å². The first-order valence-electron chi connectivity index (χ1n) is 7.39. The number of rotatable bonds is 3. The highest BCUT2D eigenvalue weighted by atomic mass is 19.4. The standard InChI is InChI=1S/C16H18F3NO/c17-16(18,19)14-4-2-1-3-13(14)15(21)9-10-7-11-5-6-12(8-10)20-11/h1-4,10-12,20H,5-9H2. The number of alkyl halides is 3. The number of Topliss-reactive ketones (excluding diaryl/α,β-unsaturated/α-hetero) is 1. The van der Waals surface area contributed by atoms with E-state index in [2.05, 4.69) is 5.32 Å². The Morgan fingerprint density at radius 2 is 1.76 bits per heavy atom. The molecule has 2 nitrogen and oxygen atoms in total. The molecule has 0 aromatic heterocycles. The fourth-order valence-corrected chi connectivity index (χ4v) is 3.69. The smallest absolute Gasteiger partial charge is 0.311 e. The van der Waals surface area contributed by atoms with E-state index in [9.17, 15) is 18.0 Å². The first-order chi connectivity index (χ1) is 9.93. The highest BCUT2D eigenvalue weighted by molar-refractivity contribution is 5.97. The van der Waals surface area contributed by atoms with Crippen molar-refractivity contribution in [2.75, 3.05) is 0 Å². The molecule has 2 aliphatic heterocycles. The number of fused-ring (bicyclic) bond motifs is 2. The van der Waals surface area contributed by atoms with E-state index in [0.29, 0.717) is 12.1 Å². The third-order valence-corrected chi connectivity index (χ3v) is 4.58. The number of carbonyl (C=O) groups excluding carboxylic acids is 1. The topological polar surface area (TPSA) is 29.1 Å². The first-order valence-corrected chi connectivity index (χ1v) is 7.39. The fourth-order valence-electron chi connectivity index (χ4n) is 3.69. The lowest BCUT2D eigenvalue weighted by atomic mass is 9.86. The van der Waals surface area contributed by atoms with Gasteiger partial charge in [0.2, 0.25) is 0 Å². The molecule has 21 heavy (non-hydrogen) atoms. The molecule has 1 aromatic rings. The molecular formula is C16H18F3NO. The zero-order valence-electron chi connectivity index (χ0n) is 11.6. The second-order valence-corrected chi connectivity index (χ2v) is 6.15. The molecule has 0 saturated carbocycles. The molecule has 3 rings (SSSR count). The van der Waals surface area contributed by atoms with E-state index >= 15 is 0 Å².